The largest absolute Gasteiger partial charge is 0.491 e. The van der Waals surface area contributed by atoms with Crippen molar-refractivity contribution in [3.8, 4) is 16.9 Å². The number of aliphatic imine (C=N–C) groups is 1. The number of benzene rings is 2. The van der Waals surface area contributed by atoms with Gasteiger partial charge in [0.2, 0.25) is 0 Å². The van der Waals surface area contributed by atoms with Gasteiger partial charge in [0.05, 0.1) is 12.2 Å². The molecule has 170 valence electrons. The quantitative estimate of drug-likeness (QED) is 0.719. The van der Waals surface area contributed by atoms with Crippen molar-refractivity contribution in [3.63, 3.8) is 0 Å². The topological polar surface area (TPSA) is 77.2 Å². The lowest BCUT2D eigenvalue weighted by Crippen LogP contribution is -2.40. The van der Waals surface area contributed by atoms with Gasteiger partial charge in [-0.1, -0.05) is 18.2 Å². The van der Waals surface area contributed by atoms with Crippen LogP contribution in [0.1, 0.15) is 30.4 Å². The molecule has 2 aliphatic heterocycles. The van der Waals surface area contributed by atoms with E-state index in [1.165, 1.54) is 11.0 Å². The number of halogens is 3. The van der Waals surface area contributed by atoms with Crippen molar-refractivity contribution in [3.05, 3.63) is 53.6 Å². The third-order valence-corrected chi connectivity index (χ3v) is 5.82. The van der Waals surface area contributed by atoms with E-state index in [0.717, 1.165) is 18.6 Å². The van der Waals surface area contributed by atoms with Crippen LogP contribution >= 0.6 is 0 Å². The van der Waals surface area contributed by atoms with Crippen LogP contribution in [0, 0.1) is 0 Å². The van der Waals surface area contributed by atoms with E-state index in [0.29, 0.717) is 48.5 Å². The SMILES string of the molecule is CN1C(=O)[C@@]2(CCCCOCCOc3ccc(-c4cccc(C(F)(F)F)c4)cc32)N=C1N. The first-order chi connectivity index (χ1) is 15.2. The van der Waals surface area contributed by atoms with Gasteiger partial charge in [-0.05, 0) is 54.7 Å². The third kappa shape index (κ3) is 4.04. The van der Waals surface area contributed by atoms with Gasteiger partial charge in [-0.3, -0.25) is 9.69 Å². The van der Waals surface area contributed by atoms with Gasteiger partial charge in [0.25, 0.3) is 5.91 Å². The van der Waals surface area contributed by atoms with Crippen LogP contribution in [0.15, 0.2) is 47.5 Å². The number of amides is 1. The lowest BCUT2D eigenvalue weighted by Gasteiger charge is -2.28. The molecule has 1 amide bonds. The molecule has 6 nitrogen and oxygen atoms in total. The first kappa shape index (κ1) is 22.1. The number of hydrogen-bond acceptors (Lipinski definition) is 5. The fourth-order valence-electron chi connectivity index (χ4n) is 4.10. The van der Waals surface area contributed by atoms with Crippen molar-refractivity contribution < 1.29 is 27.4 Å². The second-order valence-corrected chi connectivity index (χ2v) is 7.90. The molecule has 1 spiro atoms. The van der Waals surface area contributed by atoms with Gasteiger partial charge in [0.15, 0.2) is 11.5 Å². The Balaban J connectivity index is 1.87. The Bertz CT molecular complexity index is 1050. The Morgan fingerprint density at radius 3 is 2.56 bits per heavy atom. The number of hydrogen-bond donors (Lipinski definition) is 1. The molecule has 9 heteroatoms. The first-order valence-corrected chi connectivity index (χ1v) is 10.4. The van der Waals surface area contributed by atoms with Crippen LogP contribution in [0.2, 0.25) is 0 Å². The molecule has 2 heterocycles. The van der Waals surface area contributed by atoms with Crippen LogP contribution in [0.5, 0.6) is 5.75 Å². The summed E-state index contributed by atoms with van der Waals surface area (Å²) in [4.78, 5) is 19.2. The molecule has 0 aliphatic carbocycles. The number of nitrogens with two attached hydrogens (primary N) is 1. The van der Waals surface area contributed by atoms with Gasteiger partial charge in [-0.15, -0.1) is 0 Å². The summed E-state index contributed by atoms with van der Waals surface area (Å²) in [7, 11) is 1.56. The highest BCUT2D eigenvalue weighted by Gasteiger charge is 2.49. The van der Waals surface area contributed by atoms with E-state index in [1.54, 1.807) is 31.3 Å². The molecule has 2 N–H and O–H groups in total. The van der Waals surface area contributed by atoms with Crippen molar-refractivity contribution in [2.75, 3.05) is 26.9 Å². The van der Waals surface area contributed by atoms with Crippen LogP contribution in [0.3, 0.4) is 0 Å². The number of nitrogens with zero attached hydrogens (tertiary/aromatic N) is 2. The maximum absolute atomic E-state index is 13.3. The molecule has 0 saturated heterocycles. The highest BCUT2D eigenvalue weighted by atomic mass is 19.4. The average Bonchev–Trinajstić information content (AvgIpc) is 2.97. The van der Waals surface area contributed by atoms with E-state index >= 15 is 0 Å². The Morgan fingerprint density at radius 1 is 1.06 bits per heavy atom. The van der Waals surface area contributed by atoms with E-state index in [2.05, 4.69) is 4.99 Å². The number of rotatable bonds is 1. The summed E-state index contributed by atoms with van der Waals surface area (Å²) in [5.41, 5.74) is 5.37. The molecule has 2 aromatic rings. The second-order valence-electron chi connectivity index (χ2n) is 7.90. The number of likely N-dealkylation sites (N-methyl/N-ethyl adjacent to an activating group) is 1. The summed E-state index contributed by atoms with van der Waals surface area (Å²) in [6, 6.07) is 10.1. The molecule has 0 unspecified atom stereocenters. The second kappa shape index (κ2) is 8.46. The molecule has 1 atom stereocenters. The normalized spacial score (nSPS) is 22.2. The van der Waals surface area contributed by atoms with Crippen LogP contribution in [0.4, 0.5) is 13.2 Å². The number of carbonyl (C=O) groups excluding carboxylic acids is 1. The molecule has 0 fully saturated rings. The number of guanidine groups is 1. The summed E-state index contributed by atoms with van der Waals surface area (Å²) in [5, 5.41) is 0. The van der Waals surface area contributed by atoms with E-state index in [9.17, 15) is 18.0 Å². The predicted molar refractivity (Wildman–Crippen MR) is 113 cm³/mol. The summed E-state index contributed by atoms with van der Waals surface area (Å²) < 4.78 is 51.2. The summed E-state index contributed by atoms with van der Waals surface area (Å²) >= 11 is 0. The van der Waals surface area contributed by atoms with E-state index in [1.807, 2.05) is 0 Å². The van der Waals surface area contributed by atoms with Gasteiger partial charge in [-0.2, -0.15) is 13.2 Å². The maximum Gasteiger partial charge on any atom is 0.416 e. The minimum Gasteiger partial charge on any atom is -0.491 e. The number of alkyl halides is 3. The molecule has 0 bridgehead atoms. The summed E-state index contributed by atoms with van der Waals surface area (Å²) in [6.45, 7) is 1.20. The lowest BCUT2D eigenvalue weighted by atomic mass is 9.82. The maximum atomic E-state index is 13.3. The van der Waals surface area contributed by atoms with Crippen molar-refractivity contribution in [2.45, 2.75) is 31.0 Å². The molecule has 4 rings (SSSR count). The molecular formula is C23H24F3N3O3. The minimum atomic E-state index is -4.46. The van der Waals surface area contributed by atoms with E-state index in [-0.39, 0.29) is 18.5 Å². The van der Waals surface area contributed by atoms with Gasteiger partial charge < -0.3 is 15.2 Å². The van der Waals surface area contributed by atoms with Gasteiger partial charge >= 0.3 is 6.18 Å². The molecule has 32 heavy (non-hydrogen) atoms. The fourth-order valence-corrected chi connectivity index (χ4v) is 4.10. The third-order valence-electron chi connectivity index (χ3n) is 5.82. The monoisotopic (exact) mass is 447 g/mol. The standard InChI is InChI=1S/C23H24F3N3O3/c1-29-20(30)22(28-21(29)27)9-2-3-10-31-11-12-32-19-8-7-16(14-18(19)22)15-5-4-6-17(13-15)23(24,25)26/h4-8,13-14H,2-3,9-12H2,1H3,(H2,27,28)/t22-/m0/s1. The Hall–Kier alpha value is -3.07. The van der Waals surface area contributed by atoms with E-state index < -0.39 is 17.3 Å². The summed E-state index contributed by atoms with van der Waals surface area (Å²) in [6.07, 6.45) is -2.69. The molecule has 2 aliphatic rings. The van der Waals surface area contributed by atoms with Crippen molar-refractivity contribution in [1.82, 2.24) is 4.90 Å². The molecule has 2 aromatic carbocycles. The average molecular weight is 447 g/mol. The molecule has 0 saturated carbocycles. The lowest BCUT2D eigenvalue weighted by molar-refractivity contribution is -0.137. The molecular weight excluding hydrogens is 423 g/mol. The Labute approximate surface area is 183 Å². The highest BCUT2D eigenvalue weighted by molar-refractivity contribution is 6.07. The highest BCUT2D eigenvalue weighted by Crippen LogP contribution is 2.44. The fraction of sp³-hybridized carbons (Fsp3) is 0.391. The van der Waals surface area contributed by atoms with Crippen molar-refractivity contribution >= 4 is 11.9 Å². The smallest absolute Gasteiger partial charge is 0.416 e. The number of fused-ring (bicyclic) bond motifs is 2. The van der Waals surface area contributed by atoms with Crippen LogP contribution in [-0.2, 0) is 21.2 Å². The van der Waals surface area contributed by atoms with Gasteiger partial charge in [0, 0.05) is 19.2 Å². The van der Waals surface area contributed by atoms with E-state index in [4.69, 9.17) is 15.2 Å². The number of ether oxygens (including phenoxy) is 2. The summed E-state index contributed by atoms with van der Waals surface area (Å²) in [5.74, 6) is 0.240. The van der Waals surface area contributed by atoms with Crippen LogP contribution < -0.4 is 10.5 Å². The number of carbonyl (C=O) groups is 1. The predicted octanol–water partition coefficient (Wildman–Crippen LogP) is 3.93. The zero-order valence-electron chi connectivity index (χ0n) is 17.6. The zero-order chi connectivity index (χ0) is 22.9. The first-order valence-electron chi connectivity index (χ1n) is 10.4. The van der Waals surface area contributed by atoms with Crippen molar-refractivity contribution in [1.29, 1.82) is 0 Å². The van der Waals surface area contributed by atoms with Gasteiger partial charge in [-0.25, -0.2) is 4.99 Å². The molecule has 0 aromatic heterocycles. The van der Waals surface area contributed by atoms with Crippen molar-refractivity contribution in [2.24, 2.45) is 10.7 Å². The Morgan fingerprint density at radius 2 is 1.84 bits per heavy atom. The van der Waals surface area contributed by atoms with Crippen LogP contribution in [-0.4, -0.2) is 43.6 Å². The zero-order valence-corrected chi connectivity index (χ0v) is 17.6. The van der Waals surface area contributed by atoms with Crippen LogP contribution in [0.25, 0.3) is 11.1 Å². The minimum absolute atomic E-state index is 0.0940. The molecule has 0 radical (unpaired) electrons. The Kier molecular flexibility index (Phi) is 5.85. The van der Waals surface area contributed by atoms with Gasteiger partial charge in [0.1, 0.15) is 12.4 Å².